The van der Waals surface area contributed by atoms with Crippen LogP contribution in [-0.2, 0) is 23.7 Å². The van der Waals surface area contributed by atoms with Gasteiger partial charge in [-0.25, -0.2) is 4.39 Å². The zero-order valence-corrected chi connectivity index (χ0v) is 19.5. The summed E-state index contributed by atoms with van der Waals surface area (Å²) in [7, 11) is 0. The standard InChI is InChI=1S/C22H25F3N6OS/c1-4-16-12-18(15-5-6-17(23)14(2)11-15)28-31(16)13-19(32)29-7-9-30(10-8-29)21-27-26-20(33-21)22(3,24)25/h5-6,11-12H,4,7-10,13H2,1-3H3. The van der Waals surface area contributed by atoms with Gasteiger partial charge in [-0.2, -0.15) is 13.9 Å². The first-order valence-electron chi connectivity index (χ1n) is 10.7. The Balaban J connectivity index is 1.40. The molecule has 0 aliphatic carbocycles. The number of anilines is 1. The molecule has 2 aromatic heterocycles. The first kappa shape index (κ1) is 23.2. The molecule has 1 fully saturated rings. The Kier molecular flexibility index (Phi) is 6.42. The summed E-state index contributed by atoms with van der Waals surface area (Å²) >= 11 is 0.879. The van der Waals surface area contributed by atoms with Crippen LogP contribution in [0.3, 0.4) is 0 Å². The van der Waals surface area contributed by atoms with Crippen molar-refractivity contribution in [1.29, 1.82) is 0 Å². The van der Waals surface area contributed by atoms with Crippen LogP contribution in [0.15, 0.2) is 24.3 Å². The average Bonchev–Trinajstić information content (AvgIpc) is 3.43. The molecule has 4 rings (SSSR count). The third-order valence-electron chi connectivity index (χ3n) is 5.66. The van der Waals surface area contributed by atoms with Gasteiger partial charge in [0.2, 0.25) is 11.0 Å². The van der Waals surface area contributed by atoms with E-state index in [-0.39, 0.29) is 23.3 Å². The normalized spacial score (nSPS) is 14.7. The summed E-state index contributed by atoms with van der Waals surface area (Å²) in [6.07, 6.45) is 0.704. The van der Waals surface area contributed by atoms with Crippen LogP contribution >= 0.6 is 11.3 Å². The maximum absolute atomic E-state index is 13.6. The predicted octanol–water partition coefficient (Wildman–Crippen LogP) is 3.87. The van der Waals surface area contributed by atoms with Gasteiger partial charge in [-0.3, -0.25) is 9.48 Å². The summed E-state index contributed by atoms with van der Waals surface area (Å²) in [6, 6.07) is 6.77. The molecule has 1 saturated heterocycles. The molecule has 0 atom stereocenters. The molecule has 0 N–H and O–H groups in total. The lowest BCUT2D eigenvalue weighted by atomic mass is 10.1. The van der Waals surface area contributed by atoms with Crippen LogP contribution in [0.2, 0.25) is 0 Å². The molecule has 1 amide bonds. The van der Waals surface area contributed by atoms with Crippen molar-refractivity contribution in [2.75, 3.05) is 31.1 Å². The van der Waals surface area contributed by atoms with Crippen molar-refractivity contribution < 1.29 is 18.0 Å². The van der Waals surface area contributed by atoms with Gasteiger partial charge in [0.05, 0.1) is 5.69 Å². The summed E-state index contributed by atoms with van der Waals surface area (Å²) in [5.74, 6) is -3.34. The third-order valence-corrected chi connectivity index (χ3v) is 6.81. The average molecular weight is 479 g/mol. The number of halogens is 3. The molecule has 7 nitrogen and oxygen atoms in total. The second-order valence-electron chi connectivity index (χ2n) is 8.14. The van der Waals surface area contributed by atoms with Crippen molar-refractivity contribution in [2.24, 2.45) is 0 Å². The van der Waals surface area contributed by atoms with Gasteiger partial charge in [-0.05, 0) is 43.2 Å². The minimum atomic E-state index is -3.01. The number of benzene rings is 1. The maximum Gasteiger partial charge on any atom is 0.298 e. The van der Waals surface area contributed by atoms with Crippen molar-refractivity contribution in [2.45, 2.75) is 39.7 Å². The highest BCUT2D eigenvalue weighted by Gasteiger charge is 2.31. The molecule has 3 heterocycles. The number of nitrogens with zero attached hydrogens (tertiary/aromatic N) is 6. The van der Waals surface area contributed by atoms with Crippen molar-refractivity contribution >= 4 is 22.4 Å². The second-order valence-corrected chi connectivity index (χ2v) is 9.10. The third kappa shape index (κ3) is 5.02. The summed E-state index contributed by atoms with van der Waals surface area (Å²) in [5.41, 5.74) is 2.96. The number of aromatic nitrogens is 4. The fraction of sp³-hybridized carbons (Fsp3) is 0.455. The molecule has 0 unspecified atom stereocenters. The van der Waals surface area contributed by atoms with E-state index in [1.54, 1.807) is 28.6 Å². The first-order valence-corrected chi connectivity index (χ1v) is 11.5. The number of carbonyl (C=O) groups is 1. The zero-order valence-electron chi connectivity index (χ0n) is 18.7. The smallest absolute Gasteiger partial charge is 0.298 e. The Morgan fingerprint density at radius 1 is 1.15 bits per heavy atom. The Morgan fingerprint density at radius 3 is 2.48 bits per heavy atom. The molecular formula is C22H25F3N6OS. The van der Waals surface area contributed by atoms with Crippen LogP contribution in [0.5, 0.6) is 0 Å². The molecule has 0 saturated carbocycles. The highest BCUT2D eigenvalue weighted by Crippen LogP contribution is 2.33. The molecule has 0 bridgehead atoms. The number of rotatable bonds is 6. The van der Waals surface area contributed by atoms with E-state index in [1.165, 1.54) is 6.07 Å². The van der Waals surface area contributed by atoms with E-state index in [4.69, 9.17) is 0 Å². The van der Waals surface area contributed by atoms with Gasteiger partial charge in [-0.15, -0.1) is 10.2 Å². The Morgan fingerprint density at radius 2 is 1.88 bits per heavy atom. The Bertz CT molecular complexity index is 1150. The van der Waals surface area contributed by atoms with Gasteiger partial charge in [0.15, 0.2) is 5.01 Å². The van der Waals surface area contributed by atoms with Crippen LogP contribution in [0.4, 0.5) is 18.3 Å². The van der Waals surface area contributed by atoms with E-state index in [2.05, 4.69) is 15.3 Å². The number of alkyl halides is 2. The van der Waals surface area contributed by atoms with Gasteiger partial charge in [0.1, 0.15) is 12.4 Å². The Labute approximate surface area is 193 Å². The van der Waals surface area contributed by atoms with Crippen LogP contribution in [0.1, 0.15) is 30.1 Å². The van der Waals surface area contributed by atoms with Crippen molar-refractivity contribution in [3.05, 3.63) is 46.3 Å². The lowest BCUT2D eigenvalue weighted by Gasteiger charge is -2.34. The maximum atomic E-state index is 13.6. The topological polar surface area (TPSA) is 67.2 Å². The van der Waals surface area contributed by atoms with E-state index in [9.17, 15) is 18.0 Å². The fourth-order valence-corrected chi connectivity index (χ4v) is 4.55. The monoisotopic (exact) mass is 478 g/mol. The van der Waals surface area contributed by atoms with Gasteiger partial charge in [0, 0.05) is 44.4 Å². The van der Waals surface area contributed by atoms with Gasteiger partial charge in [0.25, 0.3) is 5.92 Å². The summed E-state index contributed by atoms with van der Waals surface area (Å²) in [6.45, 7) is 6.52. The molecule has 11 heteroatoms. The van der Waals surface area contributed by atoms with Crippen LogP contribution in [-0.4, -0.2) is 57.0 Å². The molecule has 0 spiro atoms. The quantitative estimate of drug-likeness (QED) is 0.538. The molecule has 1 aliphatic rings. The second kappa shape index (κ2) is 9.12. The summed E-state index contributed by atoms with van der Waals surface area (Å²) < 4.78 is 42.2. The van der Waals surface area contributed by atoms with E-state index in [0.29, 0.717) is 49.0 Å². The molecule has 1 aliphatic heterocycles. The van der Waals surface area contributed by atoms with Crippen molar-refractivity contribution in [1.82, 2.24) is 24.9 Å². The van der Waals surface area contributed by atoms with E-state index < -0.39 is 5.92 Å². The highest BCUT2D eigenvalue weighted by atomic mass is 32.1. The summed E-state index contributed by atoms with van der Waals surface area (Å²) in [4.78, 5) is 16.5. The fourth-order valence-electron chi connectivity index (χ4n) is 3.72. The molecule has 33 heavy (non-hydrogen) atoms. The number of hydrogen-bond donors (Lipinski definition) is 0. The van der Waals surface area contributed by atoms with Crippen LogP contribution in [0, 0.1) is 12.7 Å². The van der Waals surface area contributed by atoms with E-state index in [1.807, 2.05) is 17.9 Å². The van der Waals surface area contributed by atoms with Crippen molar-refractivity contribution in [3.63, 3.8) is 0 Å². The largest absolute Gasteiger partial charge is 0.343 e. The number of hydrogen-bond acceptors (Lipinski definition) is 6. The predicted molar refractivity (Wildman–Crippen MR) is 120 cm³/mol. The lowest BCUT2D eigenvalue weighted by molar-refractivity contribution is -0.132. The minimum Gasteiger partial charge on any atom is -0.343 e. The van der Waals surface area contributed by atoms with E-state index in [0.717, 1.165) is 29.5 Å². The summed E-state index contributed by atoms with van der Waals surface area (Å²) in [5, 5.41) is 12.2. The first-order chi connectivity index (χ1) is 15.7. The molecular weight excluding hydrogens is 453 g/mol. The van der Waals surface area contributed by atoms with Gasteiger partial charge < -0.3 is 9.80 Å². The zero-order chi connectivity index (χ0) is 23.8. The lowest BCUT2D eigenvalue weighted by Crippen LogP contribution is -2.49. The molecule has 0 radical (unpaired) electrons. The van der Waals surface area contributed by atoms with Gasteiger partial charge in [-0.1, -0.05) is 18.3 Å². The number of carbonyl (C=O) groups excluding carboxylic acids is 1. The number of amides is 1. The van der Waals surface area contributed by atoms with E-state index >= 15 is 0 Å². The van der Waals surface area contributed by atoms with Crippen LogP contribution < -0.4 is 4.90 Å². The van der Waals surface area contributed by atoms with Crippen LogP contribution in [0.25, 0.3) is 11.3 Å². The molecule has 176 valence electrons. The Hall–Kier alpha value is -2.95. The van der Waals surface area contributed by atoms with Crippen molar-refractivity contribution in [3.8, 4) is 11.3 Å². The molecule has 1 aromatic carbocycles. The van der Waals surface area contributed by atoms with Gasteiger partial charge >= 0.3 is 0 Å². The number of aryl methyl sites for hydroxylation is 2. The SMILES string of the molecule is CCc1cc(-c2ccc(F)c(C)c2)nn1CC(=O)N1CCN(c2nnc(C(C)(F)F)s2)CC1. The highest BCUT2D eigenvalue weighted by molar-refractivity contribution is 7.15. The molecule has 3 aromatic rings. The number of piperazine rings is 1. The minimum absolute atomic E-state index is 0.0627.